The van der Waals surface area contributed by atoms with Gasteiger partial charge in [-0.05, 0) is 11.6 Å². The highest BCUT2D eigenvalue weighted by Gasteiger charge is 2.27. The first-order valence-corrected chi connectivity index (χ1v) is 4.54. The van der Waals surface area contributed by atoms with E-state index in [1.54, 1.807) is 0 Å². The number of alkyl halides is 2. The maximum Gasteiger partial charge on any atom is 0.341 e. The van der Waals surface area contributed by atoms with Crippen LogP contribution in [-0.2, 0) is 11.2 Å². The fraction of sp³-hybridized carbons (Fsp3) is 0.400. The molecule has 1 aromatic heterocycles. The van der Waals surface area contributed by atoms with Gasteiger partial charge in [0.1, 0.15) is 6.17 Å². The molecule has 0 aliphatic heterocycles. The predicted molar refractivity (Wildman–Crippen MR) is 51.9 cm³/mol. The third kappa shape index (κ3) is 3.15. The number of hydrogen-bond donors (Lipinski definition) is 1. The summed E-state index contributed by atoms with van der Waals surface area (Å²) < 4.78 is 30.7. The summed E-state index contributed by atoms with van der Waals surface area (Å²) in [4.78, 5) is 14.0. The van der Waals surface area contributed by atoms with E-state index in [4.69, 9.17) is 9.84 Å². The van der Waals surface area contributed by atoms with Gasteiger partial charge < -0.3 is 9.84 Å². The van der Waals surface area contributed by atoms with Crippen molar-refractivity contribution < 1.29 is 23.4 Å². The van der Waals surface area contributed by atoms with Crippen molar-refractivity contribution in [2.24, 2.45) is 0 Å². The Morgan fingerprint density at radius 1 is 1.62 bits per heavy atom. The van der Waals surface area contributed by atoms with Crippen LogP contribution in [0, 0.1) is 0 Å². The minimum absolute atomic E-state index is 0.274. The molecule has 0 amide bonds. The molecule has 6 heteroatoms. The maximum absolute atomic E-state index is 13.2. The number of halogens is 2. The van der Waals surface area contributed by atoms with E-state index in [0.29, 0.717) is 5.56 Å². The second-order valence-electron chi connectivity index (χ2n) is 3.17. The van der Waals surface area contributed by atoms with Gasteiger partial charge in [0.15, 0.2) is 0 Å². The molecule has 4 nitrogen and oxygen atoms in total. The summed E-state index contributed by atoms with van der Waals surface area (Å²) in [7, 11) is 1.40. The Morgan fingerprint density at radius 3 is 2.88 bits per heavy atom. The number of rotatable bonds is 5. The summed E-state index contributed by atoms with van der Waals surface area (Å²) in [5.74, 6) is -1.52. The van der Waals surface area contributed by atoms with Crippen LogP contribution in [0.15, 0.2) is 18.3 Å². The largest absolute Gasteiger partial charge is 0.481 e. The standard InChI is InChI=1S/C10H11F2NO3/c1-16-8-5-6(2-3-13-8)4-7(11)9(12)10(14)15/h2-3,5,7,9H,4H2,1H3,(H,14,15). The summed E-state index contributed by atoms with van der Waals surface area (Å²) in [6, 6.07) is 2.91. The molecule has 2 atom stereocenters. The van der Waals surface area contributed by atoms with E-state index in [0.717, 1.165) is 0 Å². The highest BCUT2D eigenvalue weighted by Crippen LogP contribution is 2.15. The molecule has 1 rings (SSSR count). The van der Waals surface area contributed by atoms with Gasteiger partial charge >= 0.3 is 5.97 Å². The first kappa shape index (κ1) is 12.4. The first-order chi connectivity index (χ1) is 7.54. The van der Waals surface area contributed by atoms with Crippen LogP contribution in [0.5, 0.6) is 5.88 Å². The van der Waals surface area contributed by atoms with Gasteiger partial charge in [-0.2, -0.15) is 0 Å². The number of aliphatic carboxylic acids is 1. The normalized spacial score (nSPS) is 14.2. The molecule has 0 aliphatic carbocycles. The van der Waals surface area contributed by atoms with Gasteiger partial charge in [0.2, 0.25) is 12.1 Å². The molecule has 1 aromatic rings. The Kier molecular flexibility index (Phi) is 4.16. The van der Waals surface area contributed by atoms with Crippen LogP contribution in [0.2, 0.25) is 0 Å². The van der Waals surface area contributed by atoms with Crippen molar-refractivity contribution in [3.8, 4) is 5.88 Å². The number of methoxy groups -OCH3 is 1. The molecule has 88 valence electrons. The number of carbonyl (C=O) groups is 1. The lowest BCUT2D eigenvalue weighted by molar-refractivity contribution is -0.145. The van der Waals surface area contributed by atoms with Crippen LogP contribution in [0.3, 0.4) is 0 Å². The average Bonchev–Trinajstić information content (AvgIpc) is 2.28. The maximum atomic E-state index is 13.2. The van der Waals surface area contributed by atoms with E-state index in [-0.39, 0.29) is 12.3 Å². The van der Waals surface area contributed by atoms with Gasteiger partial charge in [-0.3, -0.25) is 0 Å². The van der Waals surface area contributed by atoms with Crippen molar-refractivity contribution in [2.45, 2.75) is 18.8 Å². The molecular formula is C10H11F2NO3. The van der Waals surface area contributed by atoms with Crippen molar-refractivity contribution in [2.75, 3.05) is 7.11 Å². The third-order valence-corrected chi connectivity index (χ3v) is 1.99. The molecule has 0 fully saturated rings. The molecule has 0 saturated heterocycles. The smallest absolute Gasteiger partial charge is 0.341 e. The lowest BCUT2D eigenvalue weighted by Crippen LogP contribution is -2.28. The van der Waals surface area contributed by atoms with Gasteiger partial charge in [0.25, 0.3) is 0 Å². The molecule has 0 bridgehead atoms. The Hall–Kier alpha value is -1.72. The second kappa shape index (κ2) is 5.39. The number of ether oxygens (including phenoxy) is 1. The number of hydrogen-bond acceptors (Lipinski definition) is 3. The SMILES string of the molecule is COc1cc(CC(F)C(F)C(=O)O)ccn1. The zero-order valence-corrected chi connectivity index (χ0v) is 8.56. The van der Waals surface area contributed by atoms with Crippen LogP contribution >= 0.6 is 0 Å². The summed E-state index contributed by atoms with van der Waals surface area (Å²) in [6.45, 7) is 0. The van der Waals surface area contributed by atoms with Gasteiger partial charge in [0, 0.05) is 18.7 Å². The zero-order valence-electron chi connectivity index (χ0n) is 8.56. The summed E-state index contributed by atoms with van der Waals surface area (Å²) in [5, 5.41) is 8.28. The van der Waals surface area contributed by atoms with Gasteiger partial charge in [0.05, 0.1) is 7.11 Å². The third-order valence-electron chi connectivity index (χ3n) is 1.99. The van der Waals surface area contributed by atoms with E-state index in [1.807, 2.05) is 0 Å². The van der Waals surface area contributed by atoms with E-state index in [1.165, 1.54) is 25.4 Å². The highest BCUT2D eigenvalue weighted by atomic mass is 19.2. The van der Waals surface area contributed by atoms with Crippen LogP contribution in [0.4, 0.5) is 8.78 Å². The first-order valence-electron chi connectivity index (χ1n) is 4.54. The van der Waals surface area contributed by atoms with Crippen LogP contribution < -0.4 is 4.74 Å². The lowest BCUT2D eigenvalue weighted by atomic mass is 10.1. The molecule has 0 radical (unpaired) electrons. The van der Waals surface area contributed by atoms with Crippen LogP contribution in [-0.4, -0.2) is 35.5 Å². The monoisotopic (exact) mass is 231 g/mol. The minimum Gasteiger partial charge on any atom is -0.481 e. The number of aromatic nitrogens is 1. The van der Waals surface area contributed by atoms with Crippen molar-refractivity contribution in [3.05, 3.63) is 23.9 Å². The van der Waals surface area contributed by atoms with Crippen molar-refractivity contribution in [1.82, 2.24) is 4.98 Å². The molecule has 1 heterocycles. The Morgan fingerprint density at radius 2 is 2.31 bits per heavy atom. The zero-order chi connectivity index (χ0) is 12.1. The topological polar surface area (TPSA) is 59.4 Å². The van der Waals surface area contributed by atoms with E-state index >= 15 is 0 Å². The molecule has 0 aromatic carbocycles. The molecular weight excluding hydrogens is 220 g/mol. The number of pyridine rings is 1. The fourth-order valence-corrected chi connectivity index (χ4v) is 1.17. The highest BCUT2D eigenvalue weighted by molar-refractivity contribution is 5.72. The minimum atomic E-state index is -2.51. The number of carboxylic acids is 1. The van der Waals surface area contributed by atoms with Crippen molar-refractivity contribution >= 4 is 5.97 Å². The Bertz CT molecular complexity index is 373. The summed E-state index contributed by atoms with van der Waals surface area (Å²) in [5.41, 5.74) is 0.434. The molecule has 1 N–H and O–H groups in total. The van der Waals surface area contributed by atoms with Gasteiger partial charge in [-0.15, -0.1) is 0 Å². The Balaban J connectivity index is 2.68. The molecule has 0 saturated carbocycles. The van der Waals surface area contributed by atoms with Crippen LogP contribution in [0.1, 0.15) is 5.56 Å². The molecule has 16 heavy (non-hydrogen) atoms. The fourth-order valence-electron chi connectivity index (χ4n) is 1.17. The van der Waals surface area contributed by atoms with E-state index < -0.39 is 18.3 Å². The Labute approximate surface area is 90.9 Å². The van der Waals surface area contributed by atoms with Crippen molar-refractivity contribution in [1.29, 1.82) is 0 Å². The molecule has 0 spiro atoms. The number of carboxylic acid groups (broad SMARTS) is 1. The summed E-state index contributed by atoms with van der Waals surface area (Å²) in [6.07, 6.45) is -3.54. The molecule has 2 unspecified atom stereocenters. The number of nitrogens with zero attached hydrogens (tertiary/aromatic N) is 1. The van der Waals surface area contributed by atoms with Gasteiger partial charge in [-0.25, -0.2) is 18.6 Å². The summed E-state index contributed by atoms with van der Waals surface area (Å²) >= 11 is 0. The quantitative estimate of drug-likeness (QED) is 0.832. The second-order valence-corrected chi connectivity index (χ2v) is 3.17. The van der Waals surface area contributed by atoms with Gasteiger partial charge in [-0.1, -0.05) is 0 Å². The molecule has 0 aliphatic rings. The van der Waals surface area contributed by atoms with E-state index in [9.17, 15) is 13.6 Å². The average molecular weight is 231 g/mol. The van der Waals surface area contributed by atoms with Crippen LogP contribution in [0.25, 0.3) is 0 Å². The lowest BCUT2D eigenvalue weighted by Gasteiger charge is -2.10. The van der Waals surface area contributed by atoms with E-state index in [2.05, 4.69) is 4.98 Å². The van der Waals surface area contributed by atoms with Crippen molar-refractivity contribution in [3.63, 3.8) is 0 Å². The predicted octanol–water partition coefficient (Wildman–Crippen LogP) is 1.39.